The monoisotopic (exact) mass is 312 g/mol. The molecule has 1 rings (SSSR count). The first kappa shape index (κ1) is 17.7. The summed E-state index contributed by atoms with van der Waals surface area (Å²) in [7, 11) is -3.35. The van der Waals surface area contributed by atoms with E-state index in [2.05, 4.69) is 5.32 Å². The van der Waals surface area contributed by atoms with E-state index in [4.69, 9.17) is 5.73 Å². The lowest BCUT2D eigenvalue weighted by Gasteiger charge is -2.31. The van der Waals surface area contributed by atoms with E-state index in [0.29, 0.717) is 17.7 Å². The number of benzene rings is 1. The Morgan fingerprint density at radius 3 is 2.29 bits per heavy atom. The van der Waals surface area contributed by atoms with Crippen molar-refractivity contribution in [3.63, 3.8) is 0 Å². The zero-order valence-electron chi connectivity index (χ0n) is 13.1. The molecule has 0 spiro atoms. The molecule has 1 amide bonds. The van der Waals surface area contributed by atoms with Crippen LogP contribution in [0.4, 0.5) is 0 Å². The van der Waals surface area contributed by atoms with Crippen LogP contribution >= 0.6 is 0 Å². The number of aryl methyl sites for hydroxylation is 1. The van der Waals surface area contributed by atoms with Crippen molar-refractivity contribution in [3.05, 3.63) is 29.3 Å². The molecule has 0 fully saturated rings. The minimum absolute atomic E-state index is 0.182. The van der Waals surface area contributed by atoms with Crippen molar-refractivity contribution in [3.8, 4) is 0 Å². The summed E-state index contributed by atoms with van der Waals surface area (Å²) in [6.45, 7) is 5.98. The van der Waals surface area contributed by atoms with Crippen LogP contribution in [0.25, 0.3) is 0 Å². The molecule has 0 atom stereocenters. The van der Waals surface area contributed by atoms with Crippen LogP contribution in [0.1, 0.15) is 42.6 Å². The van der Waals surface area contributed by atoms with Gasteiger partial charge in [-0.1, -0.05) is 19.9 Å². The van der Waals surface area contributed by atoms with Gasteiger partial charge in [-0.15, -0.1) is 0 Å². The first-order valence-corrected chi connectivity index (χ1v) is 8.91. The van der Waals surface area contributed by atoms with Crippen LogP contribution in [-0.4, -0.2) is 32.7 Å². The van der Waals surface area contributed by atoms with Crippen LogP contribution in [0.2, 0.25) is 0 Å². The van der Waals surface area contributed by atoms with E-state index in [0.717, 1.165) is 19.1 Å². The summed E-state index contributed by atoms with van der Waals surface area (Å²) in [5.41, 5.74) is 6.28. The molecule has 0 aliphatic carbocycles. The highest BCUT2D eigenvalue weighted by Gasteiger charge is 2.27. The number of sulfone groups is 1. The van der Waals surface area contributed by atoms with Gasteiger partial charge in [0.25, 0.3) is 5.91 Å². The Labute approximate surface area is 126 Å². The molecule has 0 saturated heterocycles. The number of nitrogens with two attached hydrogens (primary N) is 1. The van der Waals surface area contributed by atoms with Gasteiger partial charge in [-0.05, 0) is 37.5 Å². The quantitative estimate of drug-likeness (QED) is 0.836. The van der Waals surface area contributed by atoms with Crippen LogP contribution in [0.15, 0.2) is 23.1 Å². The van der Waals surface area contributed by atoms with E-state index < -0.39 is 15.4 Å². The zero-order chi connectivity index (χ0) is 16.3. The maximum atomic E-state index is 12.4. The van der Waals surface area contributed by atoms with Crippen molar-refractivity contribution >= 4 is 15.7 Å². The molecule has 0 aliphatic rings. The molecule has 0 radical (unpaired) electrons. The molecule has 3 N–H and O–H groups in total. The maximum Gasteiger partial charge on any atom is 0.251 e. The molecule has 5 nitrogen and oxygen atoms in total. The average molecular weight is 312 g/mol. The van der Waals surface area contributed by atoms with Gasteiger partial charge >= 0.3 is 0 Å². The summed E-state index contributed by atoms with van der Waals surface area (Å²) in [5, 5.41) is 2.94. The van der Waals surface area contributed by atoms with Gasteiger partial charge in [0.2, 0.25) is 0 Å². The lowest BCUT2D eigenvalue weighted by molar-refractivity contribution is 0.0895. The van der Waals surface area contributed by atoms with Crippen molar-refractivity contribution in [1.82, 2.24) is 5.32 Å². The van der Waals surface area contributed by atoms with Crippen molar-refractivity contribution in [2.45, 2.75) is 44.0 Å². The second-order valence-corrected chi connectivity index (χ2v) is 7.38. The third-order valence-electron chi connectivity index (χ3n) is 3.97. The van der Waals surface area contributed by atoms with Gasteiger partial charge in [-0.3, -0.25) is 4.79 Å². The predicted octanol–water partition coefficient (Wildman–Crippen LogP) is 1.65. The van der Waals surface area contributed by atoms with Gasteiger partial charge in [-0.25, -0.2) is 8.42 Å². The van der Waals surface area contributed by atoms with Crippen LogP contribution < -0.4 is 11.1 Å². The Morgan fingerprint density at radius 2 is 1.86 bits per heavy atom. The van der Waals surface area contributed by atoms with E-state index in [-0.39, 0.29) is 10.8 Å². The van der Waals surface area contributed by atoms with Crippen LogP contribution in [0.3, 0.4) is 0 Å². The predicted molar refractivity (Wildman–Crippen MR) is 84.1 cm³/mol. The van der Waals surface area contributed by atoms with E-state index in [9.17, 15) is 13.2 Å². The second-order valence-electron chi connectivity index (χ2n) is 5.40. The summed E-state index contributed by atoms with van der Waals surface area (Å²) in [6.07, 6.45) is 2.58. The largest absolute Gasteiger partial charge is 0.345 e. The molecule has 0 aliphatic heterocycles. The summed E-state index contributed by atoms with van der Waals surface area (Å²) in [6, 6.07) is 4.70. The van der Waals surface area contributed by atoms with Crippen LogP contribution in [-0.2, 0) is 9.84 Å². The molecule has 0 aromatic heterocycles. The first-order valence-electron chi connectivity index (χ1n) is 7.02. The number of carbonyl (C=O) groups is 1. The summed E-state index contributed by atoms with van der Waals surface area (Å²) in [5.74, 6) is -0.297. The third kappa shape index (κ3) is 4.04. The highest BCUT2D eigenvalue weighted by molar-refractivity contribution is 7.90. The van der Waals surface area contributed by atoms with Crippen LogP contribution in [0.5, 0.6) is 0 Å². The standard InChI is InChI=1S/C15H24N2O3S/c1-5-15(6-2,10-16)17-14(18)12-8-7-11(3)13(9-12)21(4,19)20/h7-9H,5-6,10,16H2,1-4H3,(H,17,18). The van der Waals surface area contributed by atoms with Crippen molar-refractivity contribution in [2.75, 3.05) is 12.8 Å². The van der Waals surface area contributed by atoms with Gasteiger partial charge in [0, 0.05) is 18.4 Å². The summed E-state index contributed by atoms with van der Waals surface area (Å²) < 4.78 is 23.5. The van der Waals surface area contributed by atoms with Gasteiger partial charge < -0.3 is 11.1 Å². The smallest absolute Gasteiger partial charge is 0.251 e. The fourth-order valence-electron chi connectivity index (χ4n) is 2.22. The molecule has 0 saturated carbocycles. The van der Waals surface area contributed by atoms with Gasteiger partial charge in [0.05, 0.1) is 10.4 Å². The van der Waals surface area contributed by atoms with E-state index in [1.165, 1.54) is 6.07 Å². The highest BCUT2D eigenvalue weighted by atomic mass is 32.2. The molecule has 0 heterocycles. The Bertz CT molecular complexity index is 612. The lowest BCUT2D eigenvalue weighted by atomic mass is 9.92. The number of amides is 1. The van der Waals surface area contributed by atoms with Crippen molar-refractivity contribution < 1.29 is 13.2 Å². The first-order chi connectivity index (χ1) is 9.69. The van der Waals surface area contributed by atoms with Crippen molar-refractivity contribution in [1.29, 1.82) is 0 Å². The maximum absolute atomic E-state index is 12.4. The van der Waals surface area contributed by atoms with Crippen LogP contribution in [0, 0.1) is 6.92 Å². The fourth-order valence-corrected chi connectivity index (χ4v) is 3.21. The topological polar surface area (TPSA) is 89.3 Å². The number of carbonyl (C=O) groups excluding carboxylic acids is 1. The SMILES string of the molecule is CCC(CC)(CN)NC(=O)c1ccc(C)c(S(C)(=O)=O)c1. The van der Waals surface area contributed by atoms with Gasteiger partial charge in [0.1, 0.15) is 0 Å². The van der Waals surface area contributed by atoms with Crippen molar-refractivity contribution in [2.24, 2.45) is 5.73 Å². The number of nitrogens with one attached hydrogen (secondary N) is 1. The molecule has 6 heteroatoms. The normalized spacial score (nSPS) is 12.2. The molecular formula is C15H24N2O3S. The Kier molecular flexibility index (Phi) is 5.53. The Hall–Kier alpha value is -1.40. The molecule has 0 bridgehead atoms. The molecular weight excluding hydrogens is 288 g/mol. The Morgan fingerprint density at radius 1 is 1.29 bits per heavy atom. The number of hydrogen-bond donors (Lipinski definition) is 2. The van der Waals surface area contributed by atoms with E-state index >= 15 is 0 Å². The molecule has 0 unspecified atom stereocenters. The minimum Gasteiger partial charge on any atom is -0.345 e. The minimum atomic E-state index is -3.35. The fraction of sp³-hybridized carbons (Fsp3) is 0.533. The van der Waals surface area contributed by atoms with Gasteiger partial charge in [-0.2, -0.15) is 0 Å². The average Bonchev–Trinajstić information content (AvgIpc) is 2.44. The summed E-state index contributed by atoms with van der Waals surface area (Å²) in [4.78, 5) is 12.5. The van der Waals surface area contributed by atoms with E-state index in [1.54, 1.807) is 19.1 Å². The molecule has 1 aromatic rings. The zero-order valence-corrected chi connectivity index (χ0v) is 13.9. The van der Waals surface area contributed by atoms with Gasteiger partial charge in [0.15, 0.2) is 9.84 Å². The van der Waals surface area contributed by atoms with E-state index in [1.807, 2.05) is 13.8 Å². The lowest BCUT2D eigenvalue weighted by Crippen LogP contribution is -2.52. The summed E-state index contributed by atoms with van der Waals surface area (Å²) >= 11 is 0. The highest BCUT2D eigenvalue weighted by Crippen LogP contribution is 2.19. The molecule has 21 heavy (non-hydrogen) atoms. The molecule has 1 aromatic carbocycles. The molecule has 118 valence electrons. The third-order valence-corrected chi connectivity index (χ3v) is 5.21. The number of hydrogen-bond acceptors (Lipinski definition) is 4. The Balaban J connectivity index is 3.15. The second kappa shape index (κ2) is 6.58. The number of rotatable bonds is 6.